The average molecular weight is 233 g/mol. The molecule has 3 rings (SSSR count). The molecule has 17 heavy (non-hydrogen) atoms. The van der Waals surface area contributed by atoms with Crippen LogP contribution in [0, 0.1) is 0 Å². The van der Waals surface area contributed by atoms with Crippen LogP contribution in [0.5, 0.6) is 0 Å². The van der Waals surface area contributed by atoms with Crippen LogP contribution in [0.3, 0.4) is 0 Å². The molecule has 6 nitrogen and oxygen atoms in total. The number of piperidine rings is 1. The fourth-order valence-corrected chi connectivity index (χ4v) is 2.09. The first-order valence-electron chi connectivity index (χ1n) is 5.89. The minimum absolute atomic E-state index is 0.210. The maximum Gasteiger partial charge on any atom is 0.244 e. The summed E-state index contributed by atoms with van der Waals surface area (Å²) in [5, 5.41) is 11.5. The monoisotopic (exact) mass is 233 g/mol. The molecule has 0 radical (unpaired) electrons. The molecule has 0 saturated carbocycles. The lowest BCUT2D eigenvalue weighted by atomic mass is 10.1. The highest BCUT2D eigenvalue weighted by Crippen LogP contribution is 2.23. The summed E-state index contributed by atoms with van der Waals surface area (Å²) in [5.74, 6) is 1.30. The molecule has 2 aromatic rings. The van der Waals surface area contributed by atoms with Crippen molar-refractivity contribution < 1.29 is 4.52 Å². The second-order valence-corrected chi connectivity index (χ2v) is 4.36. The average Bonchev–Trinajstić information content (AvgIpc) is 2.98. The van der Waals surface area contributed by atoms with Crippen LogP contribution in [0.2, 0.25) is 0 Å². The molecule has 0 bridgehead atoms. The van der Waals surface area contributed by atoms with Crippen LogP contribution < -0.4 is 5.32 Å². The van der Waals surface area contributed by atoms with E-state index in [0.717, 1.165) is 18.5 Å². The SMILES string of the molecule is Cn1cc(-c2noc(C3CCCCN3)n2)cn1. The molecular weight excluding hydrogens is 218 g/mol. The van der Waals surface area contributed by atoms with E-state index in [1.165, 1.54) is 12.8 Å². The van der Waals surface area contributed by atoms with E-state index in [0.29, 0.717) is 11.7 Å². The van der Waals surface area contributed by atoms with E-state index in [1.807, 2.05) is 13.2 Å². The van der Waals surface area contributed by atoms with Gasteiger partial charge in [-0.2, -0.15) is 10.1 Å². The molecule has 90 valence electrons. The van der Waals surface area contributed by atoms with Crippen molar-refractivity contribution in [3.8, 4) is 11.4 Å². The second-order valence-electron chi connectivity index (χ2n) is 4.36. The molecule has 1 saturated heterocycles. The molecule has 1 fully saturated rings. The summed E-state index contributed by atoms with van der Waals surface area (Å²) in [6.07, 6.45) is 7.11. The summed E-state index contributed by atoms with van der Waals surface area (Å²) in [6, 6.07) is 0.210. The molecule has 1 atom stereocenters. The van der Waals surface area contributed by atoms with Crippen LogP contribution in [0.4, 0.5) is 0 Å². The maximum absolute atomic E-state index is 5.31. The van der Waals surface area contributed by atoms with Gasteiger partial charge in [-0.05, 0) is 19.4 Å². The van der Waals surface area contributed by atoms with Crippen molar-refractivity contribution in [2.24, 2.45) is 7.05 Å². The Bertz CT molecular complexity index is 497. The third-order valence-corrected chi connectivity index (χ3v) is 3.01. The standard InChI is InChI=1S/C11H15N5O/c1-16-7-8(6-13-16)10-14-11(17-15-10)9-4-2-3-5-12-9/h6-7,9,12H,2-5H2,1H3. The Kier molecular flexibility index (Phi) is 2.64. The first kappa shape index (κ1) is 10.5. The molecular formula is C11H15N5O. The fourth-order valence-electron chi connectivity index (χ4n) is 2.09. The van der Waals surface area contributed by atoms with Gasteiger partial charge in [-0.3, -0.25) is 4.68 Å². The minimum Gasteiger partial charge on any atom is -0.337 e. The summed E-state index contributed by atoms with van der Waals surface area (Å²) >= 11 is 0. The van der Waals surface area contributed by atoms with Crippen LogP contribution in [0.25, 0.3) is 11.4 Å². The summed E-state index contributed by atoms with van der Waals surface area (Å²) in [5.41, 5.74) is 0.887. The maximum atomic E-state index is 5.31. The fraction of sp³-hybridized carbons (Fsp3) is 0.545. The van der Waals surface area contributed by atoms with E-state index in [1.54, 1.807) is 10.9 Å². The molecule has 0 spiro atoms. The van der Waals surface area contributed by atoms with Crippen molar-refractivity contribution in [2.45, 2.75) is 25.3 Å². The Morgan fingerprint density at radius 2 is 2.41 bits per heavy atom. The van der Waals surface area contributed by atoms with Crippen molar-refractivity contribution in [1.82, 2.24) is 25.2 Å². The zero-order valence-corrected chi connectivity index (χ0v) is 9.76. The highest BCUT2D eigenvalue weighted by molar-refractivity contribution is 5.51. The van der Waals surface area contributed by atoms with Crippen molar-refractivity contribution >= 4 is 0 Å². The second kappa shape index (κ2) is 4.29. The Hall–Kier alpha value is -1.69. The number of hydrogen-bond donors (Lipinski definition) is 1. The molecule has 3 heterocycles. The lowest BCUT2D eigenvalue weighted by Crippen LogP contribution is -2.26. The number of rotatable bonds is 2. The Labute approximate surface area is 99.0 Å². The lowest BCUT2D eigenvalue weighted by molar-refractivity contribution is 0.297. The summed E-state index contributed by atoms with van der Waals surface area (Å²) in [7, 11) is 1.87. The van der Waals surface area contributed by atoms with Gasteiger partial charge in [-0.15, -0.1) is 0 Å². The molecule has 1 unspecified atom stereocenters. The van der Waals surface area contributed by atoms with Gasteiger partial charge in [0.1, 0.15) is 0 Å². The van der Waals surface area contributed by atoms with Gasteiger partial charge in [0.25, 0.3) is 0 Å². The van der Waals surface area contributed by atoms with Gasteiger partial charge < -0.3 is 9.84 Å². The zero-order valence-electron chi connectivity index (χ0n) is 9.76. The van der Waals surface area contributed by atoms with E-state index in [2.05, 4.69) is 20.6 Å². The molecule has 2 aromatic heterocycles. The van der Waals surface area contributed by atoms with Gasteiger partial charge in [0.15, 0.2) is 0 Å². The van der Waals surface area contributed by atoms with E-state index < -0.39 is 0 Å². The van der Waals surface area contributed by atoms with Crippen LogP contribution in [0.15, 0.2) is 16.9 Å². The molecule has 1 N–H and O–H groups in total. The third-order valence-electron chi connectivity index (χ3n) is 3.01. The lowest BCUT2D eigenvalue weighted by Gasteiger charge is -2.19. The van der Waals surface area contributed by atoms with Gasteiger partial charge in [0.2, 0.25) is 11.7 Å². The quantitative estimate of drug-likeness (QED) is 0.846. The third kappa shape index (κ3) is 2.08. The van der Waals surface area contributed by atoms with Gasteiger partial charge in [0, 0.05) is 13.2 Å². The number of hydrogen-bond acceptors (Lipinski definition) is 5. The van der Waals surface area contributed by atoms with E-state index in [9.17, 15) is 0 Å². The first-order chi connectivity index (χ1) is 8.33. The number of nitrogens with one attached hydrogen (secondary N) is 1. The minimum atomic E-state index is 0.210. The van der Waals surface area contributed by atoms with Gasteiger partial charge in [-0.1, -0.05) is 11.6 Å². The van der Waals surface area contributed by atoms with Crippen molar-refractivity contribution in [3.63, 3.8) is 0 Å². The van der Waals surface area contributed by atoms with Crippen LogP contribution in [0.1, 0.15) is 31.2 Å². The molecule has 1 aliphatic rings. The van der Waals surface area contributed by atoms with E-state index >= 15 is 0 Å². The molecule has 0 aliphatic carbocycles. The van der Waals surface area contributed by atoms with Gasteiger partial charge in [0.05, 0.1) is 17.8 Å². The zero-order chi connectivity index (χ0) is 11.7. The Balaban J connectivity index is 1.82. The Morgan fingerprint density at radius 1 is 1.47 bits per heavy atom. The van der Waals surface area contributed by atoms with Crippen LogP contribution in [-0.4, -0.2) is 26.5 Å². The predicted molar refractivity (Wildman–Crippen MR) is 61.1 cm³/mol. The number of nitrogens with zero attached hydrogens (tertiary/aromatic N) is 4. The van der Waals surface area contributed by atoms with Gasteiger partial charge in [-0.25, -0.2) is 0 Å². The molecule has 0 amide bonds. The smallest absolute Gasteiger partial charge is 0.244 e. The molecule has 1 aliphatic heterocycles. The van der Waals surface area contributed by atoms with Gasteiger partial charge >= 0.3 is 0 Å². The summed E-state index contributed by atoms with van der Waals surface area (Å²) in [6.45, 7) is 1.02. The van der Waals surface area contributed by atoms with Crippen molar-refractivity contribution in [1.29, 1.82) is 0 Å². The van der Waals surface area contributed by atoms with Crippen molar-refractivity contribution in [2.75, 3.05) is 6.54 Å². The molecule has 6 heteroatoms. The number of aryl methyl sites for hydroxylation is 1. The topological polar surface area (TPSA) is 68.8 Å². The molecule has 0 aromatic carbocycles. The predicted octanol–water partition coefficient (Wildman–Crippen LogP) is 1.28. The first-order valence-corrected chi connectivity index (χ1v) is 5.89. The van der Waals surface area contributed by atoms with E-state index in [4.69, 9.17) is 4.52 Å². The summed E-state index contributed by atoms with van der Waals surface area (Å²) in [4.78, 5) is 4.42. The van der Waals surface area contributed by atoms with E-state index in [-0.39, 0.29) is 6.04 Å². The number of aromatic nitrogens is 4. The van der Waals surface area contributed by atoms with Crippen LogP contribution >= 0.6 is 0 Å². The Morgan fingerprint density at radius 3 is 3.12 bits per heavy atom. The highest BCUT2D eigenvalue weighted by atomic mass is 16.5. The highest BCUT2D eigenvalue weighted by Gasteiger charge is 2.21. The normalized spacial score (nSPS) is 20.6. The summed E-state index contributed by atoms with van der Waals surface area (Å²) < 4.78 is 7.03. The largest absolute Gasteiger partial charge is 0.337 e. The van der Waals surface area contributed by atoms with Crippen molar-refractivity contribution in [3.05, 3.63) is 18.3 Å². The van der Waals surface area contributed by atoms with Crippen LogP contribution in [-0.2, 0) is 7.05 Å².